The molecule has 2 rings (SSSR count). The minimum atomic E-state index is -3.15. The topological polar surface area (TPSA) is 66.5 Å². The Morgan fingerprint density at radius 3 is 2.43 bits per heavy atom. The lowest BCUT2D eigenvalue weighted by atomic mass is 9.94. The van der Waals surface area contributed by atoms with Crippen LogP contribution in [0.5, 0.6) is 0 Å². The number of sulfonamides is 1. The summed E-state index contributed by atoms with van der Waals surface area (Å²) < 4.78 is 24.5. The summed E-state index contributed by atoms with van der Waals surface area (Å²) in [5.74, 6) is -0.0701. The number of nitrogens with one attached hydrogen (secondary N) is 1. The lowest BCUT2D eigenvalue weighted by Crippen LogP contribution is -2.43. The second-order valence-corrected chi connectivity index (χ2v) is 8.24. The van der Waals surface area contributed by atoms with E-state index in [-0.39, 0.29) is 17.9 Å². The van der Waals surface area contributed by atoms with Crippen molar-refractivity contribution in [3.63, 3.8) is 0 Å². The summed E-state index contributed by atoms with van der Waals surface area (Å²) in [5.41, 5.74) is 2.32. The normalized spacial score (nSPS) is 18.6. The van der Waals surface area contributed by atoms with Gasteiger partial charge in [-0.15, -0.1) is 0 Å². The zero-order valence-corrected chi connectivity index (χ0v) is 14.9. The van der Waals surface area contributed by atoms with Crippen LogP contribution in [0.4, 0.5) is 0 Å². The van der Waals surface area contributed by atoms with Crippen LogP contribution in [0.25, 0.3) is 0 Å². The highest BCUT2D eigenvalue weighted by Gasteiger charge is 2.29. The molecule has 0 unspecified atom stereocenters. The standard InChI is InChI=1S/C17H26N2O3S/c1-4-16(15-8-6-5-7-13(15)2)18-17(20)14-9-11-19(12-10-14)23(3,21)22/h5-8,14,16H,4,9-12H2,1-3H3,(H,18,20)/t16-/m1/s1. The van der Waals surface area contributed by atoms with Gasteiger partial charge in [0.15, 0.2) is 0 Å². The van der Waals surface area contributed by atoms with Gasteiger partial charge in [0, 0.05) is 19.0 Å². The van der Waals surface area contributed by atoms with Gasteiger partial charge in [-0.05, 0) is 37.3 Å². The summed E-state index contributed by atoms with van der Waals surface area (Å²) in [5, 5.41) is 3.14. The van der Waals surface area contributed by atoms with Gasteiger partial charge in [-0.2, -0.15) is 0 Å². The third kappa shape index (κ3) is 4.54. The highest BCUT2D eigenvalue weighted by molar-refractivity contribution is 7.88. The van der Waals surface area contributed by atoms with Crippen LogP contribution >= 0.6 is 0 Å². The zero-order valence-electron chi connectivity index (χ0n) is 14.1. The van der Waals surface area contributed by atoms with Crippen molar-refractivity contribution < 1.29 is 13.2 Å². The number of aryl methyl sites for hydroxylation is 1. The van der Waals surface area contributed by atoms with E-state index in [2.05, 4.69) is 31.3 Å². The Kier molecular flexibility index (Phi) is 5.81. The summed E-state index contributed by atoms with van der Waals surface area (Å²) in [4.78, 5) is 12.5. The predicted molar refractivity (Wildman–Crippen MR) is 91.5 cm³/mol. The van der Waals surface area contributed by atoms with Gasteiger partial charge in [0.1, 0.15) is 0 Å². The minimum absolute atomic E-state index is 0.0108. The van der Waals surface area contributed by atoms with Gasteiger partial charge < -0.3 is 5.32 Å². The van der Waals surface area contributed by atoms with E-state index in [1.165, 1.54) is 16.1 Å². The Bertz CT molecular complexity index is 650. The van der Waals surface area contributed by atoms with Crippen LogP contribution in [0.15, 0.2) is 24.3 Å². The molecule has 6 heteroatoms. The van der Waals surface area contributed by atoms with Gasteiger partial charge in [-0.25, -0.2) is 12.7 Å². The summed E-state index contributed by atoms with van der Waals surface area (Å²) in [7, 11) is -3.15. The van der Waals surface area contributed by atoms with Gasteiger partial charge in [0.2, 0.25) is 15.9 Å². The Labute approximate surface area is 139 Å². The predicted octanol–water partition coefficient (Wildman–Crippen LogP) is 2.23. The van der Waals surface area contributed by atoms with Crippen molar-refractivity contribution in [3.05, 3.63) is 35.4 Å². The molecule has 5 nitrogen and oxygen atoms in total. The van der Waals surface area contributed by atoms with Crippen molar-refractivity contribution in [1.82, 2.24) is 9.62 Å². The monoisotopic (exact) mass is 338 g/mol. The van der Waals surface area contributed by atoms with Crippen LogP contribution in [-0.4, -0.2) is 38.0 Å². The molecule has 1 saturated heterocycles. The lowest BCUT2D eigenvalue weighted by molar-refractivity contribution is -0.126. The average Bonchev–Trinajstić information content (AvgIpc) is 2.52. The number of piperidine rings is 1. The fourth-order valence-corrected chi connectivity index (χ4v) is 3.99. The molecule has 0 aromatic heterocycles. The van der Waals surface area contributed by atoms with E-state index in [1.54, 1.807) is 0 Å². The number of amides is 1. The third-order valence-electron chi connectivity index (χ3n) is 4.58. The molecule has 0 aliphatic carbocycles. The maximum absolute atomic E-state index is 12.5. The minimum Gasteiger partial charge on any atom is -0.349 e. The largest absolute Gasteiger partial charge is 0.349 e. The number of hydrogen-bond acceptors (Lipinski definition) is 3. The quantitative estimate of drug-likeness (QED) is 0.895. The van der Waals surface area contributed by atoms with Crippen LogP contribution in [0, 0.1) is 12.8 Å². The number of benzene rings is 1. The molecule has 0 bridgehead atoms. The summed E-state index contributed by atoms with van der Waals surface area (Å²) >= 11 is 0. The van der Waals surface area contributed by atoms with E-state index in [1.807, 2.05) is 12.1 Å². The Morgan fingerprint density at radius 2 is 1.91 bits per heavy atom. The fraction of sp³-hybridized carbons (Fsp3) is 0.588. The Balaban J connectivity index is 1.98. The van der Waals surface area contributed by atoms with Crippen molar-refractivity contribution in [2.24, 2.45) is 5.92 Å². The van der Waals surface area contributed by atoms with E-state index in [0.717, 1.165) is 12.0 Å². The second-order valence-electron chi connectivity index (χ2n) is 6.26. The molecule has 0 spiro atoms. The molecule has 1 aliphatic rings. The Morgan fingerprint density at radius 1 is 1.30 bits per heavy atom. The van der Waals surface area contributed by atoms with Crippen LogP contribution in [0.1, 0.15) is 43.4 Å². The summed E-state index contributed by atoms with van der Waals surface area (Å²) in [6.07, 6.45) is 3.23. The molecule has 1 aromatic rings. The van der Waals surface area contributed by atoms with Crippen molar-refractivity contribution >= 4 is 15.9 Å². The number of carbonyl (C=O) groups excluding carboxylic acids is 1. The maximum Gasteiger partial charge on any atom is 0.223 e. The van der Waals surface area contributed by atoms with Crippen molar-refractivity contribution in [1.29, 1.82) is 0 Å². The highest BCUT2D eigenvalue weighted by atomic mass is 32.2. The maximum atomic E-state index is 12.5. The van der Waals surface area contributed by atoms with Gasteiger partial charge in [-0.3, -0.25) is 4.79 Å². The molecule has 1 aromatic carbocycles. The SMILES string of the molecule is CC[C@@H](NC(=O)C1CCN(S(C)(=O)=O)CC1)c1ccccc1C. The van der Waals surface area contributed by atoms with Crippen molar-refractivity contribution in [2.75, 3.05) is 19.3 Å². The lowest BCUT2D eigenvalue weighted by Gasteiger charge is -2.30. The molecule has 1 amide bonds. The molecule has 1 aliphatic heterocycles. The molecule has 0 radical (unpaired) electrons. The smallest absolute Gasteiger partial charge is 0.223 e. The van der Waals surface area contributed by atoms with Crippen LogP contribution in [-0.2, 0) is 14.8 Å². The number of nitrogens with zero attached hydrogens (tertiary/aromatic N) is 1. The van der Waals surface area contributed by atoms with Gasteiger partial charge >= 0.3 is 0 Å². The van der Waals surface area contributed by atoms with E-state index < -0.39 is 10.0 Å². The van der Waals surface area contributed by atoms with E-state index in [9.17, 15) is 13.2 Å². The first kappa shape index (κ1) is 17.9. The molecule has 128 valence electrons. The molecule has 1 heterocycles. The highest BCUT2D eigenvalue weighted by Crippen LogP contribution is 2.24. The van der Waals surface area contributed by atoms with Gasteiger partial charge in [0.25, 0.3) is 0 Å². The first-order valence-electron chi connectivity index (χ1n) is 8.14. The van der Waals surface area contributed by atoms with E-state index >= 15 is 0 Å². The van der Waals surface area contributed by atoms with Crippen molar-refractivity contribution in [3.8, 4) is 0 Å². The third-order valence-corrected chi connectivity index (χ3v) is 5.89. The molecule has 1 fully saturated rings. The van der Waals surface area contributed by atoms with Crippen LogP contribution in [0.3, 0.4) is 0 Å². The van der Waals surface area contributed by atoms with Crippen molar-refractivity contribution in [2.45, 2.75) is 39.2 Å². The zero-order chi connectivity index (χ0) is 17.0. The number of hydrogen-bond donors (Lipinski definition) is 1. The Hall–Kier alpha value is -1.40. The molecule has 1 N–H and O–H groups in total. The molecule has 1 atom stereocenters. The molecule has 23 heavy (non-hydrogen) atoms. The molecular weight excluding hydrogens is 312 g/mol. The van der Waals surface area contributed by atoms with E-state index in [0.29, 0.717) is 25.9 Å². The van der Waals surface area contributed by atoms with E-state index in [4.69, 9.17) is 0 Å². The first-order valence-corrected chi connectivity index (χ1v) is 9.98. The molecular formula is C17H26N2O3S. The fourth-order valence-electron chi connectivity index (χ4n) is 3.12. The van der Waals surface area contributed by atoms with Crippen LogP contribution < -0.4 is 5.32 Å². The molecule has 0 saturated carbocycles. The summed E-state index contributed by atoms with van der Waals surface area (Å²) in [6.45, 7) is 4.97. The summed E-state index contributed by atoms with van der Waals surface area (Å²) in [6, 6.07) is 8.09. The van der Waals surface area contributed by atoms with Gasteiger partial charge in [-0.1, -0.05) is 31.2 Å². The van der Waals surface area contributed by atoms with Gasteiger partial charge in [0.05, 0.1) is 12.3 Å². The number of rotatable bonds is 5. The van der Waals surface area contributed by atoms with Crippen LogP contribution in [0.2, 0.25) is 0 Å². The number of carbonyl (C=O) groups is 1. The second kappa shape index (κ2) is 7.45. The average molecular weight is 338 g/mol. The first-order chi connectivity index (χ1) is 10.8.